The van der Waals surface area contributed by atoms with Crippen molar-refractivity contribution in [3.63, 3.8) is 0 Å². The molecule has 2 N–H and O–H groups in total. The number of hydrogen-bond acceptors (Lipinski definition) is 3. The van der Waals surface area contributed by atoms with Gasteiger partial charge in [-0.15, -0.1) is 13.2 Å². The van der Waals surface area contributed by atoms with Gasteiger partial charge in [-0.2, -0.15) is 0 Å². The molecule has 0 spiro atoms. The first-order valence-electron chi connectivity index (χ1n) is 7.24. The summed E-state index contributed by atoms with van der Waals surface area (Å²) in [5, 5.41) is 5.78. The Hall–Kier alpha value is -2.56. The van der Waals surface area contributed by atoms with Crippen LogP contribution in [0.15, 0.2) is 49.6 Å². The molecule has 0 aliphatic heterocycles. The second-order valence-electron chi connectivity index (χ2n) is 4.67. The van der Waals surface area contributed by atoms with Crippen molar-refractivity contribution in [2.24, 2.45) is 0 Å². The molecular weight excluding hydrogens is 278 g/mol. The van der Waals surface area contributed by atoms with E-state index in [0.29, 0.717) is 25.2 Å². The third kappa shape index (κ3) is 5.44. The predicted octanol–water partition coefficient (Wildman–Crippen LogP) is 2.05. The van der Waals surface area contributed by atoms with Gasteiger partial charge < -0.3 is 15.5 Å². The Morgan fingerprint density at radius 3 is 2.23 bits per heavy atom. The number of carbonyl (C=O) groups is 2. The monoisotopic (exact) mass is 301 g/mol. The number of benzene rings is 1. The van der Waals surface area contributed by atoms with Crippen LogP contribution in [0.5, 0.6) is 0 Å². The molecule has 0 saturated heterocycles. The zero-order valence-corrected chi connectivity index (χ0v) is 13.0. The van der Waals surface area contributed by atoms with Gasteiger partial charge in [-0.05, 0) is 31.2 Å². The van der Waals surface area contributed by atoms with Gasteiger partial charge in [0.05, 0.1) is 6.54 Å². The summed E-state index contributed by atoms with van der Waals surface area (Å²) in [6, 6.07) is 7.01. The van der Waals surface area contributed by atoms with Crippen LogP contribution < -0.4 is 10.6 Å². The summed E-state index contributed by atoms with van der Waals surface area (Å²) in [4.78, 5) is 25.4. The molecule has 5 nitrogen and oxygen atoms in total. The molecule has 1 aromatic carbocycles. The second-order valence-corrected chi connectivity index (χ2v) is 4.67. The maximum atomic E-state index is 12.1. The highest BCUT2D eigenvalue weighted by Crippen LogP contribution is 2.09. The lowest BCUT2D eigenvalue weighted by atomic mass is 10.2. The van der Waals surface area contributed by atoms with E-state index in [9.17, 15) is 9.59 Å². The van der Waals surface area contributed by atoms with Gasteiger partial charge in [-0.25, -0.2) is 0 Å². The SMILES string of the molecule is C=CCN(CC=C)C(=O)CNc1ccc(C(=O)NCC)cc1. The second kappa shape index (κ2) is 9.39. The number of nitrogens with zero attached hydrogens (tertiary/aromatic N) is 1. The minimum atomic E-state index is -0.103. The van der Waals surface area contributed by atoms with Crippen molar-refractivity contribution in [1.82, 2.24) is 10.2 Å². The molecule has 0 aliphatic rings. The predicted molar refractivity (Wildman–Crippen MR) is 89.9 cm³/mol. The number of hydrogen-bond donors (Lipinski definition) is 2. The number of amides is 2. The van der Waals surface area contributed by atoms with Crippen molar-refractivity contribution in [3.8, 4) is 0 Å². The maximum Gasteiger partial charge on any atom is 0.251 e. The Kier molecular flexibility index (Phi) is 7.47. The van der Waals surface area contributed by atoms with E-state index in [4.69, 9.17) is 0 Å². The molecule has 0 unspecified atom stereocenters. The number of rotatable bonds is 9. The van der Waals surface area contributed by atoms with Crippen LogP contribution in [0.1, 0.15) is 17.3 Å². The van der Waals surface area contributed by atoms with E-state index in [1.807, 2.05) is 6.92 Å². The zero-order chi connectivity index (χ0) is 16.4. The summed E-state index contributed by atoms with van der Waals surface area (Å²) in [6.45, 7) is 10.9. The van der Waals surface area contributed by atoms with Crippen LogP contribution >= 0.6 is 0 Å². The van der Waals surface area contributed by atoms with Crippen molar-refractivity contribution in [2.45, 2.75) is 6.92 Å². The third-order valence-electron chi connectivity index (χ3n) is 2.98. The Bertz CT molecular complexity index is 513. The highest BCUT2D eigenvalue weighted by atomic mass is 16.2. The first-order chi connectivity index (χ1) is 10.6. The van der Waals surface area contributed by atoms with Crippen LogP contribution in [-0.4, -0.2) is 42.9 Å². The summed E-state index contributed by atoms with van der Waals surface area (Å²) in [6.07, 6.45) is 3.37. The van der Waals surface area contributed by atoms with Crippen LogP contribution in [0.25, 0.3) is 0 Å². The summed E-state index contributed by atoms with van der Waals surface area (Å²) >= 11 is 0. The van der Waals surface area contributed by atoms with Crippen molar-refractivity contribution in [2.75, 3.05) is 31.5 Å². The van der Waals surface area contributed by atoms with Gasteiger partial charge in [0, 0.05) is 30.9 Å². The van der Waals surface area contributed by atoms with Crippen molar-refractivity contribution < 1.29 is 9.59 Å². The van der Waals surface area contributed by atoms with Gasteiger partial charge in [0.25, 0.3) is 5.91 Å². The van der Waals surface area contributed by atoms with E-state index in [1.54, 1.807) is 41.3 Å². The molecule has 22 heavy (non-hydrogen) atoms. The largest absolute Gasteiger partial charge is 0.376 e. The highest BCUT2D eigenvalue weighted by Gasteiger charge is 2.10. The molecule has 118 valence electrons. The van der Waals surface area contributed by atoms with Gasteiger partial charge in [0.15, 0.2) is 0 Å². The van der Waals surface area contributed by atoms with Gasteiger partial charge in [0.2, 0.25) is 5.91 Å². The summed E-state index contributed by atoms with van der Waals surface area (Å²) in [5.41, 5.74) is 1.39. The van der Waals surface area contributed by atoms with Gasteiger partial charge >= 0.3 is 0 Å². The van der Waals surface area contributed by atoms with Crippen LogP contribution in [0, 0.1) is 0 Å². The Labute approximate surface area is 131 Å². The van der Waals surface area contributed by atoms with Crippen LogP contribution in [0.4, 0.5) is 5.69 Å². The topological polar surface area (TPSA) is 61.4 Å². The van der Waals surface area contributed by atoms with E-state index in [1.165, 1.54) is 0 Å². The molecule has 0 atom stereocenters. The fourth-order valence-electron chi connectivity index (χ4n) is 1.88. The molecule has 1 aromatic rings. The summed E-state index contributed by atoms with van der Waals surface area (Å²) in [7, 11) is 0. The van der Waals surface area contributed by atoms with Crippen LogP contribution in [0.3, 0.4) is 0 Å². The van der Waals surface area contributed by atoms with Crippen molar-refractivity contribution >= 4 is 17.5 Å². The number of carbonyl (C=O) groups excluding carboxylic acids is 2. The number of anilines is 1. The lowest BCUT2D eigenvalue weighted by Crippen LogP contribution is -2.35. The summed E-state index contributed by atoms with van der Waals surface area (Å²) in [5.74, 6) is -0.138. The van der Waals surface area contributed by atoms with E-state index in [-0.39, 0.29) is 18.4 Å². The van der Waals surface area contributed by atoms with Crippen molar-refractivity contribution in [1.29, 1.82) is 0 Å². The van der Waals surface area contributed by atoms with E-state index >= 15 is 0 Å². The van der Waals surface area contributed by atoms with Crippen molar-refractivity contribution in [3.05, 3.63) is 55.1 Å². The first-order valence-corrected chi connectivity index (χ1v) is 7.24. The van der Waals surface area contributed by atoms with Crippen LogP contribution in [-0.2, 0) is 4.79 Å². The molecule has 0 fully saturated rings. The lowest BCUT2D eigenvalue weighted by Gasteiger charge is -2.19. The number of nitrogens with one attached hydrogen (secondary N) is 2. The molecule has 0 radical (unpaired) electrons. The van der Waals surface area contributed by atoms with E-state index < -0.39 is 0 Å². The molecule has 2 amide bonds. The Balaban J connectivity index is 2.56. The van der Waals surface area contributed by atoms with Gasteiger partial charge in [0.1, 0.15) is 0 Å². The van der Waals surface area contributed by atoms with E-state index in [0.717, 1.165) is 5.69 Å². The van der Waals surface area contributed by atoms with E-state index in [2.05, 4.69) is 23.8 Å². The minimum Gasteiger partial charge on any atom is -0.376 e. The first kappa shape index (κ1) is 17.5. The Morgan fingerprint density at radius 2 is 1.73 bits per heavy atom. The fraction of sp³-hybridized carbons (Fsp3) is 0.294. The average molecular weight is 301 g/mol. The molecule has 0 saturated carbocycles. The fourth-order valence-corrected chi connectivity index (χ4v) is 1.88. The quantitative estimate of drug-likeness (QED) is 0.686. The summed E-state index contributed by atoms with van der Waals surface area (Å²) < 4.78 is 0. The third-order valence-corrected chi connectivity index (χ3v) is 2.98. The maximum absolute atomic E-state index is 12.1. The standard InChI is InChI=1S/C17H23N3O2/c1-4-11-20(12-5-2)16(21)13-19-15-9-7-14(8-10-15)17(22)18-6-3/h4-5,7-10,19H,1-2,6,11-13H2,3H3,(H,18,22). The average Bonchev–Trinajstić information content (AvgIpc) is 2.53. The molecule has 0 bridgehead atoms. The lowest BCUT2D eigenvalue weighted by molar-refractivity contribution is -0.128. The normalized spacial score (nSPS) is 9.68. The minimum absolute atomic E-state index is 0.0346. The molecule has 0 heterocycles. The molecule has 0 aliphatic carbocycles. The molecule has 0 aromatic heterocycles. The molecular formula is C17H23N3O2. The highest BCUT2D eigenvalue weighted by molar-refractivity contribution is 5.94. The molecule has 1 rings (SSSR count). The van der Waals surface area contributed by atoms with Gasteiger partial charge in [-0.1, -0.05) is 12.2 Å². The zero-order valence-electron chi connectivity index (χ0n) is 13.0. The molecule has 5 heteroatoms. The van der Waals surface area contributed by atoms with Gasteiger partial charge in [-0.3, -0.25) is 9.59 Å². The Morgan fingerprint density at radius 1 is 1.14 bits per heavy atom. The van der Waals surface area contributed by atoms with Crippen LogP contribution in [0.2, 0.25) is 0 Å². The smallest absolute Gasteiger partial charge is 0.251 e.